The highest BCUT2D eigenvalue weighted by molar-refractivity contribution is 6.31. The summed E-state index contributed by atoms with van der Waals surface area (Å²) in [4.78, 5) is 27.1. The maximum Gasteiger partial charge on any atom is 0.342 e. The number of halogens is 1. The number of hydrogen-bond donors (Lipinski definition) is 0. The van der Waals surface area contributed by atoms with E-state index >= 15 is 0 Å². The minimum Gasteiger partial charge on any atom is -0.466 e. The molecule has 2 aromatic rings. The quantitative estimate of drug-likeness (QED) is 0.270. The first-order valence-electron chi connectivity index (χ1n) is 11.1. The highest BCUT2D eigenvalue weighted by atomic mass is 35.5. The van der Waals surface area contributed by atoms with Crippen molar-refractivity contribution in [3.63, 3.8) is 0 Å². The second-order valence-electron chi connectivity index (χ2n) is 7.52. The lowest BCUT2D eigenvalue weighted by Crippen LogP contribution is -2.35. The van der Waals surface area contributed by atoms with Gasteiger partial charge in [0.15, 0.2) is 0 Å². The molecule has 2 rings (SSSR count). The molecule has 0 aromatic heterocycles. The third-order valence-electron chi connectivity index (χ3n) is 5.47. The number of anilines is 1. The van der Waals surface area contributed by atoms with Crippen molar-refractivity contribution in [2.45, 2.75) is 46.5 Å². The molecule has 170 valence electrons. The molecule has 0 fully saturated rings. The van der Waals surface area contributed by atoms with Gasteiger partial charge in [0.05, 0.1) is 29.8 Å². The van der Waals surface area contributed by atoms with Crippen molar-refractivity contribution >= 4 is 41.6 Å². The van der Waals surface area contributed by atoms with Crippen LogP contribution < -0.4 is 9.57 Å². The Bertz CT molecular complexity index is 964. The van der Waals surface area contributed by atoms with E-state index < -0.39 is 0 Å². The molecular formula is C26H32ClN2O3+. The summed E-state index contributed by atoms with van der Waals surface area (Å²) in [5.74, 6) is -0.0982. The second-order valence-corrected chi connectivity index (χ2v) is 7.96. The van der Waals surface area contributed by atoms with Crippen molar-refractivity contribution in [2.75, 3.05) is 18.1 Å². The number of hydrogen-bond acceptors (Lipinski definition) is 3. The number of nitrogens with zero attached hydrogens (tertiary/aromatic N) is 2. The van der Waals surface area contributed by atoms with Gasteiger partial charge in [-0.2, -0.15) is 0 Å². The maximum absolute atomic E-state index is 13.4. The number of ether oxygens (including phenoxy) is 1. The Labute approximate surface area is 195 Å². The molecule has 5 nitrogen and oxygen atoms in total. The van der Waals surface area contributed by atoms with Crippen LogP contribution in [0.5, 0.6) is 0 Å². The molecule has 0 saturated heterocycles. The highest BCUT2D eigenvalue weighted by Crippen LogP contribution is 2.29. The van der Waals surface area contributed by atoms with Gasteiger partial charge < -0.3 is 9.64 Å². The molecule has 0 N–H and O–H groups in total. The van der Waals surface area contributed by atoms with Gasteiger partial charge in [0.2, 0.25) is 5.91 Å². The van der Waals surface area contributed by atoms with Crippen molar-refractivity contribution in [1.29, 1.82) is 0 Å². The molecule has 2 aromatic carbocycles. The predicted molar refractivity (Wildman–Crippen MR) is 133 cm³/mol. The molecule has 0 bridgehead atoms. The number of benzene rings is 2. The van der Waals surface area contributed by atoms with E-state index in [9.17, 15) is 9.59 Å². The molecule has 0 aliphatic carbocycles. The van der Waals surface area contributed by atoms with E-state index in [2.05, 4.69) is 25.2 Å². The van der Waals surface area contributed by atoms with Crippen molar-refractivity contribution in [3.8, 4) is 0 Å². The van der Waals surface area contributed by atoms with Gasteiger partial charge >= 0.3 is 11.7 Å². The van der Waals surface area contributed by atoms with Crippen LogP contribution in [-0.4, -0.2) is 37.5 Å². The number of carbonyl (C=O) groups excluding carboxylic acids is 2. The molecule has 0 spiro atoms. The first-order chi connectivity index (χ1) is 15.4. The third-order valence-corrected chi connectivity index (χ3v) is 5.71. The Morgan fingerprint density at radius 2 is 1.78 bits per heavy atom. The Hall–Kier alpha value is -2.88. The van der Waals surface area contributed by atoms with E-state index in [0.717, 1.165) is 18.4 Å². The third kappa shape index (κ3) is 6.81. The number of esters is 1. The van der Waals surface area contributed by atoms with Crippen LogP contribution in [-0.2, 0) is 14.3 Å². The minimum atomic E-state index is -0.336. The highest BCUT2D eigenvalue weighted by Gasteiger charge is 2.28. The molecule has 32 heavy (non-hydrogen) atoms. The Morgan fingerprint density at radius 3 is 2.38 bits per heavy atom. The Morgan fingerprint density at radius 1 is 1.09 bits per heavy atom. The van der Waals surface area contributed by atoms with E-state index in [-0.39, 0.29) is 30.8 Å². The smallest absolute Gasteiger partial charge is 0.342 e. The van der Waals surface area contributed by atoms with E-state index in [1.165, 1.54) is 0 Å². The number of amides is 1. The minimum absolute atomic E-state index is 0.0388. The largest absolute Gasteiger partial charge is 0.466 e. The monoisotopic (exact) mass is 455 g/mol. The van der Waals surface area contributed by atoms with Gasteiger partial charge in [0, 0.05) is 18.0 Å². The van der Waals surface area contributed by atoms with Crippen LogP contribution in [0, 0.1) is 5.92 Å². The fourth-order valence-corrected chi connectivity index (χ4v) is 3.78. The lowest BCUT2D eigenvalue weighted by atomic mass is 9.97. The normalized spacial score (nSPS) is 10.5. The summed E-state index contributed by atoms with van der Waals surface area (Å²) in [7, 11) is 0. The first kappa shape index (κ1) is 25.4. The molecule has 0 atom stereocenters. The van der Waals surface area contributed by atoms with Gasteiger partial charge in [0.25, 0.3) is 6.72 Å². The zero-order valence-electron chi connectivity index (χ0n) is 19.1. The van der Waals surface area contributed by atoms with Crippen molar-refractivity contribution < 1.29 is 14.3 Å². The van der Waals surface area contributed by atoms with Crippen LogP contribution in [0.2, 0.25) is 5.02 Å². The summed E-state index contributed by atoms with van der Waals surface area (Å²) in [5.41, 5.74) is 2.84. The molecular weight excluding hydrogens is 424 g/mol. The van der Waals surface area contributed by atoms with E-state index in [1.54, 1.807) is 24.0 Å². The van der Waals surface area contributed by atoms with E-state index in [4.69, 9.17) is 16.3 Å². The van der Waals surface area contributed by atoms with Gasteiger partial charge in [-0.15, -0.1) is 0 Å². The van der Waals surface area contributed by atoms with Crippen LogP contribution in [0.4, 0.5) is 5.69 Å². The van der Waals surface area contributed by atoms with E-state index in [1.807, 2.05) is 36.4 Å². The van der Waals surface area contributed by atoms with Crippen LogP contribution in [0.25, 0.3) is 0 Å². The maximum atomic E-state index is 13.4. The molecule has 0 saturated carbocycles. The number of carbonyl (C=O) groups is 2. The SMILES string of the molecule is C=[N+]=C(c1ccccc1)c1cc(Cl)ccc1N(CCC(=O)OCC)C(=O)CC(CC)CC. The predicted octanol–water partition coefficient (Wildman–Crippen LogP) is 5.06. The summed E-state index contributed by atoms with van der Waals surface area (Å²) in [6, 6.07) is 15.0. The van der Waals surface area contributed by atoms with Gasteiger partial charge in [0.1, 0.15) is 0 Å². The van der Waals surface area contributed by atoms with Crippen LogP contribution >= 0.6 is 11.6 Å². The Balaban J connectivity index is 2.53. The van der Waals surface area contributed by atoms with Gasteiger partial charge in [-0.3, -0.25) is 9.59 Å². The topological polar surface area (TPSA) is 60.7 Å². The van der Waals surface area contributed by atoms with Crippen LogP contribution in [0.3, 0.4) is 0 Å². The van der Waals surface area contributed by atoms with E-state index in [0.29, 0.717) is 35.0 Å². The summed E-state index contributed by atoms with van der Waals surface area (Å²) in [6.07, 6.45) is 2.33. The zero-order chi connectivity index (χ0) is 23.5. The molecule has 0 unspecified atom stereocenters. The average Bonchev–Trinajstić information content (AvgIpc) is 2.80. The average molecular weight is 456 g/mol. The summed E-state index contributed by atoms with van der Waals surface area (Å²) >= 11 is 6.33. The van der Waals surface area contributed by atoms with Crippen LogP contribution in [0.1, 0.15) is 57.6 Å². The Kier molecular flexibility index (Phi) is 10.2. The molecule has 0 aliphatic rings. The van der Waals surface area contributed by atoms with Gasteiger partial charge in [-0.05, 0) is 43.2 Å². The fourth-order valence-electron chi connectivity index (χ4n) is 3.61. The molecule has 0 aliphatic heterocycles. The summed E-state index contributed by atoms with van der Waals surface area (Å²) < 4.78 is 9.36. The van der Waals surface area contributed by atoms with Gasteiger partial charge in [-0.1, -0.05) is 61.2 Å². The molecule has 0 radical (unpaired) electrons. The first-order valence-corrected chi connectivity index (χ1v) is 11.5. The summed E-state index contributed by atoms with van der Waals surface area (Å²) in [6.45, 7) is 10.2. The van der Waals surface area contributed by atoms with Crippen LogP contribution in [0.15, 0.2) is 48.5 Å². The molecule has 0 heterocycles. The van der Waals surface area contributed by atoms with Gasteiger partial charge in [-0.25, -0.2) is 0 Å². The lowest BCUT2D eigenvalue weighted by molar-refractivity contribution is -0.142. The van der Waals surface area contributed by atoms with Crippen molar-refractivity contribution in [3.05, 3.63) is 64.7 Å². The molecule has 6 heteroatoms. The lowest BCUT2D eigenvalue weighted by Gasteiger charge is -2.26. The van der Waals surface area contributed by atoms with Crippen molar-refractivity contribution in [1.82, 2.24) is 4.67 Å². The second kappa shape index (κ2) is 12.8. The summed E-state index contributed by atoms with van der Waals surface area (Å²) in [5, 5.41) is 0.526. The van der Waals surface area contributed by atoms with Crippen molar-refractivity contribution in [2.24, 2.45) is 5.92 Å². The zero-order valence-corrected chi connectivity index (χ0v) is 19.9. The molecule has 1 amide bonds. The fraction of sp³-hybridized carbons (Fsp3) is 0.385. The standard InChI is InChI=1S/C26H32ClN2O3/c1-5-19(6-2)17-24(30)29(16-15-25(31)32-7-3)23-14-13-21(27)18-22(23)26(28-4)20-11-9-8-10-12-20/h8-14,18-19H,4-7,15-17H2,1-3H3/q+1. The number of rotatable bonds is 11.